The van der Waals surface area contributed by atoms with Crippen LogP contribution in [0.15, 0.2) is 24.3 Å². The summed E-state index contributed by atoms with van der Waals surface area (Å²) in [5, 5.41) is 13.4. The third kappa shape index (κ3) is 3.21. The first kappa shape index (κ1) is 13.8. The van der Waals surface area contributed by atoms with Gasteiger partial charge in [0, 0.05) is 11.4 Å². The lowest BCUT2D eigenvalue weighted by Gasteiger charge is -2.44. The van der Waals surface area contributed by atoms with Gasteiger partial charge in [-0.05, 0) is 42.2 Å². The highest BCUT2D eigenvalue weighted by atomic mass is 32.2. The third-order valence-corrected chi connectivity index (χ3v) is 5.16. The van der Waals surface area contributed by atoms with Crippen LogP contribution in [-0.2, 0) is 0 Å². The summed E-state index contributed by atoms with van der Waals surface area (Å²) in [5.41, 5.74) is 2.46. The molecule has 0 amide bonds. The molecule has 0 bridgehead atoms. The maximum Gasteiger partial charge on any atom is 0.0699 e. The second-order valence-corrected chi connectivity index (χ2v) is 7.25. The first-order valence-corrected chi connectivity index (χ1v) is 7.64. The summed E-state index contributed by atoms with van der Waals surface area (Å²) < 4.78 is 0. The fraction of sp³-hybridized carbons (Fsp3) is 0.600. The van der Waals surface area contributed by atoms with Crippen LogP contribution in [0.4, 0.5) is 5.69 Å². The number of hydrogen-bond acceptors (Lipinski definition) is 3. The Hall–Kier alpha value is -0.670. The molecule has 1 aliphatic rings. The molecular weight excluding hydrogens is 242 g/mol. The number of nitrogens with one attached hydrogen (secondary N) is 1. The van der Waals surface area contributed by atoms with Gasteiger partial charge in [-0.25, -0.2) is 0 Å². The Morgan fingerprint density at radius 3 is 2.72 bits per heavy atom. The van der Waals surface area contributed by atoms with Crippen molar-refractivity contribution < 1.29 is 5.11 Å². The molecule has 0 saturated carbocycles. The quantitative estimate of drug-likeness (QED) is 0.879. The van der Waals surface area contributed by atoms with E-state index in [-0.39, 0.29) is 17.6 Å². The van der Waals surface area contributed by atoms with Crippen molar-refractivity contribution in [1.29, 1.82) is 0 Å². The zero-order chi connectivity index (χ0) is 13.2. The van der Waals surface area contributed by atoms with Crippen LogP contribution >= 0.6 is 11.8 Å². The van der Waals surface area contributed by atoms with Gasteiger partial charge in [0.05, 0.1) is 12.1 Å². The summed E-state index contributed by atoms with van der Waals surface area (Å²) in [6, 6.07) is 8.38. The Labute approximate surface area is 114 Å². The standard InChI is InChI=1S/C15H23NOS/c1-12-5-4-6-13(7-12)16-15(9-17)8-14(2,3)10-18-11-15/h4-7,16-17H,8-11H2,1-3H3. The molecule has 0 spiro atoms. The van der Waals surface area contributed by atoms with Crippen molar-refractivity contribution in [2.75, 3.05) is 23.4 Å². The van der Waals surface area contributed by atoms with E-state index in [1.807, 2.05) is 11.8 Å². The van der Waals surface area contributed by atoms with E-state index >= 15 is 0 Å². The molecule has 1 unspecified atom stereocenters. The molecule has 1 saturated heterocycles. The topological polar surface area (TPSA) is 32.3 Å². The molecule has 1 aliphatic heterocycles. The summed E-state index contributed by atoms with van der Waals surface area (Å²) in [7, 11) is 0. The molecule has 2 N–H and O–H groups in total. The number of aliphatic hydroxyl groups is 1. The number of rotatable bonds is 3. The summed E-state index contributed by atoms with van der Waals surface area (Å²) in [4.78, 5) is 0. The molecule has 1 aromatic rings. The molecule has 1 aromatic carbocycles. The van der Waals surface area contributed by atoms with Crippen molar-refractivity contribution in [3.63, 3.8) is 0 Å². The number of thioether (sulfide) groups is 1. The molecule has 2 rings (SSSR count). The molecule has 2 nitrogen and oxygen atoms in total. The molecule has 0 aliphatic carbocycles. The molecule has 1 fully saturated rings. The summed E-state index contributed by atoms with van der Waals surface area (Å²) in [6.45, 7) is 6.84. The monoisotopic (exact) mass is 265 g/mol. The molecule has 1 heterocycles. The lowest BCUT2D eigenvalue weighted by molar-refractivity contribution is 0.174. The highest BCUT2D eigenvalue weighted by molar-refractivity contribution is 7.99. The fourth-order valence-electron chi connectivity index (χ4n) is 2.79. The van der Waals surface area contributed by atoms with E-state index in [0.717, 1.165) is 17.9 Å². The maximum atomic E-state index is 9.83. The SMILES string of the molecule is Cc1cccc(NC2(CO)CSCC(C)(C)C2)c1. The average Bonchev–Trinajstić information content (AvgIpc) is 2.27. The van der Waals surface area contributed by atoms with Gasteiger partial charge in [-0.1, -0.05) is 26.0 Å². The van der Waals surface area contributed by atoms with Crippen molar-refractivity contribution in [3.05, 3.63) is 29.8 Å². The van der Waals surface area contributed by atoms with Crippen LogP contribution < -0.4 is 5.32 Å². The van der Waals surface area contributed by atoms with Crippen LogP contribution in [0.1, 0.15) is 25.8 Å². The molecular formula is C15H23NOS. The third-order valence-electron chi connectivity index (χ3n) is 3.42. The Morgan fingerprint density at radius 1 is 1.33 bits per heavy atom. The van der Waals surface area contributed by atoms with E-state index < -0.39 is 0 Å². The first-order valence-electron chi connectivity index (χ1n) is 6.48. The largest absolute Gasteiger partial charge is 0.394 e. The number of benzene rings is 1. The van der Waals surface area contributed by atoms with Gasteiger partial charge in [-0.15, -0.1) is 0 Å². The van der Waals surface area contributed by atoms with Crippen LogP contribution in [0.2, 0.25) is 0 Å². The van der Waals surface area contributed by atoms with Crippen molar-refractivity contribution in [2.24, 2.45) is 5.41 Å². The Morgan fingerprint density at radius 2 is 2.11 bits per heavy atom. The number of hydrogen-bond donors (Lipinski definition) is 2. The summed E-state index contributed by atoms with van der Waals surface area (Å²) in [5.74, 6) is 2.14. The van der Waals surface area contributed by atoms with E-state index in [0.29, 0.717) is 0 Å². The Bertz CT molecular complexity index is 419. The predicted molar refractivity (Wildman–Crippen MR) is 80.3 cm³/mol. The fourth-order valence-corrected chi connectivity index (χ4v) is 4.20. The normalized spacial score (nSPS) is 26.9. The zero-order valence-corrected chi connectivity index (χ0v) is 12.3. The minimum Gasteiger partial charge on any atom is -0.394 e. The van der Waals surface area contributed by atoms with E-state index in [9.17, 15) is 5.11 Å². The van der Waals surface area contributed by atoms with Gasteiger partial charge in [0.15, 0.2) is 0 Å². The van der Waals surface area contributed by atoms with Crippen molar-refractivity contribution in [1.82, 2.24) is 0 Å². The lowest BCUT2D eigenvalue weighted by Crippen LogP contribution is -2.51. The van der Waals surface area contributed by atoms with Crippen molar-refractivity contribution in [3.8, 4) is 0 Å². The second kappa shape index (κ2) is 5.14. The van der Waals surface area contributed by atoms with Crippen LogP contribution in [0.3, 0.4) is 0 Å². The molecule has 0 aromatic heterocycles. The van der Waals surface area contributed by atoms with Crippen LogP contribution in [-0.4, -0.2) is 28.8 Å². The Kier molecular flexibility index (Phi) is 3.93. The van der Waals surface area contributed by atoms with Gasteiger partial charge in [0.2, 0.25) is 0 Å². The van der Waals surface area contributed by atoms with E-state index in [1.165, 1.54) is 11.3 Å². The highest BCUT2D eigenvalue weighted by Crippen LogP contribution is 2.40. The zero-order valence-electron chi connectivity index (χ0n) is 11.5. The maximum absolute atomic E-state index is 9.83. The molecule has 100 valence electrons. The van der Waals surface area contributed by atoms with Crippen LogP contribution in [0.25, 0.3) is 0 Å². The minimum atomic E-state index is -0.180. The smallest absolute Gasteiger partial charge is 0.0699 e. The van der Waals surface area contributed by atoms with Crippen LogP contribution in [0.5, 0.6) is 0 Å². The van der Waals surface area contributed by atoms with E-state index in [2.05, 4.69) is 50.4 Å². The average molecular weight is 265 g/mol. The van der Waals surface area contributed by atoms with Crippen molar-refractivity contribution >= 4 is 17.4 Å². The van der Waals surface area contributed by atoms with E-state index in [4.69, 9.17) is 0 Å². The predicted octanol–water partition coefficient (Wildman–Crippen LogP) is 3.30. The second-order valence-electron chi connectivity index (χ2n) is 6.27. The first-order chi connectivity index (χ1) is 8.45. The van der Waals surface area contributed by atoms with Gasteiger partial charge in [-0.3, -0.25) is 0 Å². The van der Waals surface area contributed by atoms with Crippen LogP contribution in [0, 0.1) is 12.3 Å². The number of anilines is 1. The van der Waals surface area contributed by atoms with Gasteiger partial charge in [-0.2, -0.15) is 11.8 Å². The van der Waals surface area contributed by atoms with Gasteiger partial charge in [0.1, 0.15) is 0 Å². The van der Waals surface area contributed by atoms with Gasteiger partial charge >= 0.3 is 0 Å². The molecule has 1 atom stereocenters. The molecule has 3 heteroatoms. The minimum absolute atomic E-state index is 0.180. The van der Waals surface area contributed by atoms with Gasteiger partial charge < -0.3 is 10.4 Å². The lowest BCUT2D eigenvalue weighted by atomic mass is 9.80. The highest BCUT2D eigenvalue weighted by Gasteiger charge is 2.40. The number of aliphatic hydroxyl groups excluding tert-OH is 1. The number of aryl methyl sites for hydroxylation is 1. The molecule has 18 heavy (non-hydrogen) atoms. The molecule has 0 radical (unpaired) electrons. The summed E-state index contributed by atoms with van der Waals surface area (Å²) >= 11 is 1.93. The van der Waals surface area contributed by atoms with Gasteiger partial charge in [0.25, 0.3) is 0 Å². The Balaban J connectivity index is 2.18. The summed E-state index contributed by atoms with van der Waals surface area (Å²) in [6.07, 6.45) is 1.01. The van der Waals surface area contributed by atoms with Crippen molar-refractivity contribution in [2.45, 2.75) is 32.7 Å². The van der Waals surface area contributed by atoms with E-state index in [1.54, 1.807) is 0 Å².